The van der Waals surface area contributed by atoms with Crippen molar-refractivity contribution in [2.75, 3.05) is 13.2 Å². The molecule has 0 fully saturated rings. The number of carboxylic acids is 1. The van der Waals surface area contributed by atoms with Gasteiger partial charge in [0.1, 0.15) is 0 Å². The fourth-order valence-corrected chi connectivity index (χ4v) is 3.91. The van der Waals surface area contributed by atoms with Crippen LogP contribution in [0.15, 0.2) is 0 Å². The molecule has 0 saturated heterocycles. The molecule has 5 N–H and O–H groups in total. The van der Waals surface area contributed by atoms with E-state index in [9.17, 15) is 15.0 Å². The van der Waals surface area contributed by atoms with Gasteiger partial charge in [-0.2, -0.15) is 0 Å². The number of carboxylic acid groups (broad SMARTS) is 1. The second-order valence-electron chi connectivity index (χ2n) is 8.82. The number of rotatable bonds is 23. The number of aliphatic hydroxyl groups is 4. The van der Waals surface area contributed by atoms with E-state index < -0.39 is 24.1 Å². The normalized spacial score (nSPS) is 14.5. The summed E-state index contributed by atoms with van der Waals surface area (Å²) in [5.41, 5.74) is 0. The van der Waals surface area contributed by atoms with Crippen LogP contribution in [0.4, 0.5) is 0 Å². The molecule has 6 heteroatoms. The molecule has 0 aromatic heterocycles. The van der Waals surface area contributed by atoms with Gasteiger partial charge in [0.25, 0.3) is 0 Å². The third kappa shape index (κ3) is 19.3. The molecule has 30 heavy (non-hydrogen) atoms. The van der Waals surface area contributed by atoms with Crippen molar-refractivity contribution in [1.29, 1.82) is 0 Å². The van der Waals surface area contributed by atoms with Gasteiger partial charge in [-0.1, -0.05) is 96.3 Å². The highest BCUT2D eigenvalue weighted by Gasteiger charge is 2.20. The Morgan fingerprint density at radius 2 is 0.867 bits per heavy atom. The second kappa shape index (κ2) is 21.5. The smallest absolute Gasteiger partial charge is 0.306 e. The van der Waals surface area contributed by atoms with Crippen molar-refractivity contribution in [1.82, 2.24) is 0 Å². The van der Waals surface area contributed by atoms with Gasteiger partial charge in [-0.3, -0.25) is 4.79 Å². The number of aliphatic hydroxyl groups excluding tert-OH is 4. The van der Waals surface area contributed by atoms with E-state index in [2.05, 4.69) is 0 Å². The lowest BCUT2D eigenvalue weighted by molar-refractivity contribution is -0.143. The zero-order chi connectivity index (χ0) is 22.5. The molecular formula is C24H48O6. The average Bonchev–Trinajstić information content (AvgIpc) is 2.74. The topological polar surface area (TPSA) is 118 Å². The minimum atomic E-state index is -0.927. The molecule has 3 atom stereocenters. The predicted octanol–water partition coefficient (Wildman–Crippen LogP) is 4.42. The summed E-state index contributed by atoms with van der Waals surface area (Å²) in [6, 6.07) is 0. The summed E-state index contributed by atoms with van der Waals surface area (Å²) in [5.74, 6) is -1.42. The summed E-state index contributed by atoms with van der Waals surface area (Å²) in [6.07, 6.45) is 18.0. The third-order valence-electron chi connectivity index (χ3n) is 5.92. The van der Waals surface area contributed by atoms with Crippen LogP contribution in [-0.2, 0) is 4.79 Å². The van der Waals surface area contributed by atoms with Crippen molar-refractivity contribution >= 4 is 5.97 Å². The fourth-order valence-electron chi connectivity index (χ4n) is 3.91. The van der Waals surface area contributed by atoms with E-state index in [1.54, 1.807) is 0 Å². The van der Waals surface area contributed by atoms with Crippen LogP contribution in [0.25, 0.3) is 0 Å². The minimum absolute atomic E-state index is 0.120. The molecule has 180 valence electrons. The van der Waals surface area contributed by atoms with Gasteiger partial charge in [-0.15, -0.1) is 0 Å². The van der Waals surface area contributed by atoms with E-state index in [1.165, 1.54) is 64.2 Å². The first kappa shape index (κ1) is 29.3. The molecule has 0 bridgehead atoms. The van der Waals surface area contributed by atoms with Crippen molar-refractivity contribution in [3.63, 3.8) is 0 Å². The third-order valence-corrected chi connectivity index (χ3v) is 5.92. The maximum atomic E-state index is 11.2. The number of hydrogen-bond acceptors (Lipinski definition) is 5. The summed E-state index contributed by atoms with van der Waals surface area (Å²) in [5, 5.41) is 45.4. The monoisotopic (exact) mass is 432 g/mol. The number of carbonyl (C=O) groups is 1. The maximum absolute atomic E-state index is 11.2. The molecule has 0 rings (SSSR count). The molecule has 0 aromatic carbocycles. The zero-order valence-corrected chi connectivity index (χ0v) is 19.0. The molecule has 6 nitrogen and oxygen atoms in total. The van der Waals surface area contributed by atoms with E-state index in [-0.39, 0.29) is 19.6 Å². The van der Waals surface area contributed by atoms with Gasteiger partial charge in [0.15, 0.2) is 0 Å². The lowest BCUT2D eigenvalue weighted by atomic mass is 9.94. The highest BCUT2D eigenvalue weighted by molar-refractivity contribution is 5.69. The highest BCUT2D eigenvalue weighted by Crippen LogP contribution is 2.18. The van der Waals surface area contributed by atoms with Crippen molar-refractivity contribution in [3.8, 4) is 0 Å². The quantitative estimate of drug-likeness (QED) is 0.153. The first-order valence-corrected chi connectivity index (χ1v) is 12.3. The predicted molar refractivity (Wildman–Crippen MR) is 120 cm³/mol. The lowest BCUT2D eigenvalue weighted by Gasteiger charge is -2.15. The van der Waals surface area contributed by atoms with Crippen LogP contribution in [0.1, 0.15) is 116 Å². The van der Waals surface area contributed by atoms with Gasteiger partial charge in [-0.05, 0) is 19.3 Å². The van der Waals surface area contributed by atoms with Gasteiger partial charge in [0, 0.05) is 0 Å². The molecule has 0 saturated carbocycles. The Kier molecular flexibility index (Phi) is 21.0. The van der Waals surface area contributed by atoms with Crippen molar-refractivity contribution in [3.05, 3.63) is 0 Å². The fraction of sp³-hybridized carbons (Fsp3) is 0.958. The summed E-state index contributed by atoms with van der Waals surface area (Å²) >= 11 is 0. The Labute approximate surface area is 183 Å². The Balaban J connectivity index is 3.30. The van der Waals surface area contributed by atoms with Crippen molar-refractivity contribution in [2.24, 2.45) is 5.92 Å². The number of aliphatic carboxylic acids is 1. The Bertz CT molecular complexity index is 377. The van der Waals surface area contributed by atoms with E-state index in [0.29, 0.717) is 12.8 Å². The maximum Gasteiger partial charge on any atom is 0.306 e. The molecule has 0 aliphatic carbocycles. The molecule has 0 aliphatic rings. The minimum Gasteiger partial charge on any atom is -0.481 e. The summed E-state index contributed by atoms with van der Waals surface area (Å²) in [7, 11) is 0. The lowest BCUT2D eigenvalue weighted by Crippen LogP contribution is -2.23. The number of unbranched alkanes of at least 4 members (excludes halogenated alkanes) is 14. The van der Waals surface area contributed by atoms with Crippen LogP contribution >= 0.6 is 0 Å². The van der Waals surface area contributed by atoms with Crippen LogP contribution in [0.5, 0.6) is 0 Å². The van der Waals surface area contributed by atoms with E-state index in [4.69, 9.17) is 15.3 Å². The molecule has 0 amide bonds. The molecule has 0 heterocycles. The van der Waals surface area contributed by atoms with Gasteiger partial charge in [-0.25, -0.2) is 0 Å². The SMILES string of the molecule is O=C(O)C(CCCCCCCCCCCCCCCCCC(O)CO)CC(O)CO. The van der Waals surface area contributed by atoms with Crippen LogP contribution in [0.2, 0.25) is 0 Å². The second-order valence-corrected chi connectivity index (χ2v) is 8.82. The van der Waals surface area contributed by atoms with Crippen molar-refractivity contribution < 1.29 is 30.3 Å². The van der Waals surface area contributed by atoms with E-state index in [1.807, 2.05) is 0 Å². The van der Waals surface area contributed by atoms with Gasteiger partial charge in [0.05, 0.1) is 31.3 Å². The molecule has 0 aromatic rings. The standard InChI is InChI=1S/C24H48O6/c25-19-22(27)17-15-13-11-9-7-5-3-1-2-4-6-8-10-12-14-16-21(24(29)30)18-23(28)20-26/h21-23,25-28H,1-20H2,(H,29,30). The first-order valence-electron chi connectivity index (χ1n) is 12.3. The number of hydrogen-bond donors (Lipinski definition) is 5. The van der Waals surface area contributed by atoms with Crippen LogP contribution in [0.3, 0.4) is 0 Å². The molecule has 0 spiro atoms. The summed E-state index contributed by atoms with van der Waals surface area (Å²) in [6.45, 7) is -0.493. The summed E-state index contributed by atoms with van der Waals surface area (Å²) < 4.78 is 0. The largest absolute Gasteiger partial charge is 0.481 e. The average molecular weight is 433 g/mol. The first-order chi connectivity index (χ1) is 14.5. The Morgan fingerprint density at radius 3 is 1.20 bits per heavy atom. The van der Waals surface area contributed by atoms with Crippen LogP contribution in [-0.4, -0.2) is 56.9 Å². The molecule has 3 unspecified atom stereocenters. The molecular weight excluding hydrogens is 384 g/mol. The molecule has 0 aliphatic heterocycles. The Hall–Kier alpha value is -0.690. The highest BCUT2D eigenvalue weighted by atomic mass is 16.4. The van der Waals surface area contributed by atoms with Crippen molar-refractivity contribution in [2.45, 2.75) is 128 Å². The van der Waals surface area contributed by atoms with Crippen LogP contribution < -0.4 is 0 Å². The molecule has 0 radical (unpaired) electrons. The van der Waals surface area contributed by atoms with Crippen LogP contribution in [0, 0.1) is 5.92 Å². The van der Waals surface area contributed by atoms with E-state index >= 15 is 0 Å². The zero-order valence-electron chi connectivity index (χ0n) is 19.0. The van der Waals surface area contributed by atoms with Gasteiger partial charge < -0.3 is 25.5 Å². The van der Waals surface area contributed by atoms with Gasteiger partial charge in [0.2, 0.25) is 0 Å². The Morgan fingerprint density at radius 1 is 0.533 bits per heavy atom. The van der Waals surface area contributed by atoms with E-state index in [0.717, 1.165) is 32.1 Å². The summed E-state index contributed by atoms with van der Waals surface area (Å²) in [4.78, 5) is 11.2. The van der Waals surface area contributed by atoms with Gasteiger partial charge >= 0.3 is 5.97 Å².